The van der Waals surface area contributed by atoms with E-state index in [1.54, 1.807) is 0 Å². The minimum atomic E-state index is -1.44. The smallest absolute Gasteiger partial charge is 0.367 e. The zero-order valence-electron chi connectivity index (χ0n) is 7.95. The summed E-state index contributed by atoms with van der Waals surface area (Å²) in [5, 5.41) is 0. The number of hydrogen-bond donors (Lipinski definition) is 0. The molecule has 0 aromatic carbocycles. The molecule has 0 aromatic heterocycles. The third kappa shape index (κ3) is 1.16. The number of ether oxygens (including phenoxy) is 3. The fourth-order valence-corrected chi connectivity index (χ4v) is 2.00. The largest absolute Gasteiger partial charge is 0.465 e. The highest BCUT2D eigenvalue weighted by molar-refractivity contribution is 5.93. The Kier molecular flexibility index (Phi) is 2.28. The van der Waals surface area contributed by atoms with Gasteiger partial charge in [0.05, 0.1) is 19.6 Å². The van der Waals surface area contributed by atoms with Gasteiger partial charge < -0.3 is 14.2 Å². The van der Waals surface area contributed by atoms with Gasteiger partial charge in [-0.05, 0) is 12.8 Å². The van der Waals surface area contributed by atoms with Crippen LogP contribution in [0.25, 0.3) is 0 Å². The SMILES string of the molecule is COC(=O)[C@]12OCCC[C@H]1C(=O)CO2. The molecule has 0 saturated carbocycles. The molecule has 2 aliphatic heterocycles. The van der Waals surface area contributed by atoms with Gasteiger partial charge in [-0.25, -0.2) is 4.79 Å². The molecule has 2 atom stereocenters. The van der Waals surface area contributed by atoms with Crippen LogP contribution >= 0.6 is 0 Å². The highest BCUT2D eigenvalue weighted by atomic mass is 16.7. The summed E-state index contributed by atoms with van der Waals surface area (Å²) in [5.41, 5.74) is 0. The standard InChI is InChI=1S/C9H12O5/c1-12-8(11)9-6(3-2-4-13-9)7(10)5-14-9/h6H,2-5H2,1H3/t6-,9-/m0/s1. The number of carbonyl (C=O) groups is 2. The van der Waals surface area contributed by atoms with Gasteiger partial charge in [-0.15, -0.1) is 0 Å². The minimum absolute atomic E-state index is 0.0558. The third-order valence-electron chi connectivity index (χ3n) is 2.70. The third-order valence-corrected chi connectivity index (χ3v) is 2.70. The second-order valence-electron chi connectivity index (χ2n) is 3.46. The Morgan fingerprint density at radius 3 is 3.07 bits per heavy atom. The first-order valence-corrected chi connectivity index (χ1v) is 4.60. The fraction of sp³-hybridized carbons (Fsp3) is 0.778. The lowest BCUT2D eigenvalue weighted by atomic mass is 9.89. The van der Waals surface area contributed by atoms with E-state index >= 15 is 0 Å². The Balaban J connectivity index is 2.29. The van der Waals surface area contributed by atoms with Gasteiger partial charge >= 0.3 is 5.97 Å². The van der Waals surface area contributed by atoms with Crippen molar-refractivity contribution >= 4 is 11.8 Å². The molecule has 0 radical (unpaired) electrons. The summed E-state index contributed by atoms with van der Waals surface area (Å²) < 4.78 is 15.1. The highest BCUT2D eigenvalue weighted by Crippen LogP contribution is 2.38. The molecule has 78 valence electrons. The molecule has 0 bridgehead atoms. The number of esters is 1. The van der Waals surface area contributed by atoms with Crippen LogP contribution in [0.4, 0.5) is 0 Å². The van der Waals surface area contributed by atoms with Crippen molar-refractivity contribution in [2.75, 3.05) is 20.3 Å². The monoisotopic (exact) mass is 200 g/mol. The number of methoxy groups -OCH3 is 1. The van der Waals surface area contributed by atoms with Crippen LogP contribution in [0, 0.1) is 5.92 Å². The molecule has 0 aliphatic carbocycles. The highest BCUT2D eigenvalue weighted by Gasteiger charge is 2.58. The van der Waals surface area contributed by atoms with Crippen molar-refractivity contribution < 1.29 is 23.8 Å². The first kappa shape index (κ1) is 9.61. The lowest BCUT2D eigenvalue weighted by Crippen LogP contribution is -2.51. The maximum Gasteiger partial charge on any atom is 0.367 e. The summed E-state index contributed by atoms with van der Waals surface area (Å²) in [4.78, 5) is 22.9. The minimum Gasteiger partial charge on any atom is -0.465 e. The van der Waals surface area contributed by atoms with Crippen LogP contribution < -0.4 is 0 Å². The molecule has 2 rings (SSSR count). The summed E-state index contributed by atoms with van der Waals surface area (Å²) in [6, 6.07) is 0. The van der Waals surface area contributed by atoms with Crippen molar-refractivity contribution in [3.05, 3.63) is 0 Å². The molecule has 0 aromatic rings. The van der Waals surface area contributed by atoms with Gasteiger partial charge in [0.15, 0.2) is 5.78 Å². The zero-order valence-corrected chi connectivity index (χ0v) is 7.95. The predicted octanol–water partition coefficient (Wildman–Crippen LogP) is -0.118. The quantitative estimate of drug-likeness (QED) is 0.552. The average Bonchev–Trinajstić information content (AvgIpc) is 2.57. The molecule has 2 heterocycles. The van der Waals surface area contributed by atoms with Crippen LogP contribution in [0.1, 0.15) is 12.8 Å². The van der Waals surface area contributed by atoms with Crippen LogP contribution in [-0.2, 0) is 23.8 Å². The molecule has 5 heteroatoms. The van der Waals surface area contributed by atoms with Crippen LogP contribution in [0.2, 0.25) is 0 Å². The molecule has 2 fully saturated rings. The van der Waals surface area contributed by atoms with E-state index < -0.39 is 17.7 Å². The Morgan fingerprint density at radius 2 is 2.36 bits per heavy atom. The van der Waals surface area contributed by atoms with Crippen molar-refractivity contribution in [2.45, 2.75) is 18.6 Å². The second kappa shape index (κ2) is 3.33. The number of ketones is 1. The summed E-state index contributed by atoms with van der Waals surface area (Å²) in [6.45, 7) is 0.374. The molecule has 5 nitrogen and oxygen atoms in total. The van der Waals surface area contributed by atoms with E-state index in [0.717, 1.165) is 6.42 Å². The normalized spacial score (nSPS) is 36.6. The molecule has 0 N–H and O–H groups in total. The maximum absolute atomic E-state index is 11.5. The Bertz CT molecular complexity index is 274. The molecular formula is C9H12O5. The van der Waals surface area contributed by atoms with Crippen molar-refractivity contribution in [1.82, 2.24) is 0 Å². The van der Waals surface area contributed by atoms with E-state index in [4.69, 9.17) is 9.47 Å². The first-order chi connectivity index (χ1) is 6.70. The number of hydrogen-bond acceptors (Lipinski definition) is 5. The second-order valence-corrected chi connectivity index (χ2v) is 3.46. The van der Waals surface area contributed by atoms with Crippen LogP contribution in [0.15, 0.2) is 0 Å². The van der Waals surface area contributed by atoms with Gasteiger partial charge in [0.1, 0.15) is 6.61 Å². The zero-order chi connectivity index (χ0) is 10.2. The van der Waals surface area contributed by atoms with Crippen LogP contribution in [0.3, 0.4) is 0 Å². The van der Waals surface area contributed by atoms with Gasteiger partial charge in [-0.1, -0.05) is 0 Å². The molecule has 0 spiro atoms. The Morgan fingerprint density at radius 1 is 1.57 bits per heavy atom. The van der Waals surface area contributed by atoms with E-state index in [1.807, 2.05) is 0 Å². The summed E-state index contributed by atoms with van der Waals surface area (Å²) in [7, 11) is 1.26. The van der Waals surface area contributed by atoms with Gasteiger partial charge in [0.25, 0.3) is 5.79 Å². The van der Waals surface area contributed by atoms with Crippen molar-refractivity contribution in [3.8, 4) is 0 Å². The number of rotatable bonds is 1. The lowest BCUT2D eigenvalue weighted by Gasteiger charge is -2.33. The van der Waals surface area contributed by atoms with Gasteiger partial charge in [0.2, 0.25) is 0 Å². The van der Waals surface area contributed by atoms with E-state index in [2.05, 4.69) is 4.74 Å². The van der Waals surface area contributed by atoms with Crippen molar-refractivity contribution in [2.24, 2.45) is 5.92 Å². The van der Waals surface area contributed by atoms with E-state index in [-0.39, 0.29) is 12.4 Å². The molecule has 0 amide bonds. The van der Waals surface area contributed by atoms with Crippen molar-refractivity contribution in [3.63, 3.8) is 0 Å². The van der Waals surface area contributed by atoms with Crippen molar-refractivity contribution in [1.29, 1.82) is 0 Å². The Labute approximate surface area is 81.3 Å². The first-order valence-electron chi connectivity index (χ1n) is 4.60. The molecule has 2 aliphatic rings. The fourth-order valence-electron chi connectivity index (χ4n) is 2.00. The van der Waals surface area contributed by atoms with Gasteiger partial charge in [-0.3, -0.25) is 4.79 Å². The van der Waals surface area contributed by atoms with Gasteiger partial charge in [-0.2, -0.15) is 0 Å². The van der Waals surface area contributed by atoms with E-state index in [9.17, 15) is 9.59 Å². The molecule has 2 saturated heterocycles. The predicted molar refractivity (Wildman–Crippen MR) is 44.4 cm³/mol. The van der Waals surface area contributed by atoms with Crippen LogP contribution in [-0.4, -0.2) is 37.9 Å². The molecule has 0 unspecified atom stereocenters. The molecular weight excluding hydrogens is 188 g/mol. The van der Waals surface area contributed by atoms with Gasteiger partial charge in [0, 0.05) is 0 Å². The van der Waals surface area contributed by atoms with E-state index in [0.29, 0.717) is 13.0 Å². The Hall–Kier alpha value is -0.940. The topological polar surface area (TPSA) is 61.8 Å². The summed E-state index contributed by atoms with van der Waals surface area (Å²) in [6.07, 6.45) is 1.41. The number of carbonyl (C=O) groups excluding carboxylic acids is 2. The number of Topliss-reactive ketones (excluding diaryl/α,β-unsaturated/α-hetero) is 1. The maximum atomic E-state index is 11.5. The summed E-state index contributed by atoms with van der Waals surface area (Å²) in [5.74, 6) is -2.60. The number of fused-ring (bicyclic) bond motifs is 1. The van der Waals surface area contributed by atoms with Crippen LogP contribution in [0.5, 0.6) is 0 Å². The van der Waals surface area contributed by atoms with E-state index in [1.165, 1.54) is 7.11 Å². The molecule has 14 heavy (non-hydrogen) atoms. The summed E-state index contributed by atoms with van der Waals surface area (Å²) >= 11 is 0. The lowest BCUT2D eigenvalue weighted by molar-refractivity contribution is -0.253. The average molecular weight is 200 g/mol.